The molecule has 1 aliphatic heterocycles. The second-order valence-electron chi connectivity index (χ2n) is 3.60. The van der Waals surface area contributed by atoms with E-state index in [0.29, 0.717) is 12.4 Å². The number of hydrogen-bond acceptors (Lipinski definition) is 4. The lowest BCUT2D eigenvalue weighted by Crippen LogP contribution is -2.17. The Labute approximate surface area is 93.0 Å². The Hall–Kier alpha value is -1.62. The summed E-state index contributed by atoms with van der Waals surface area (Å²) in [6, 6.07) is 3.25. The quantitative estimate of drug-likeness (QED) is 0.834. The number of carboxylic acid groups (broad SMARTS) is 1. The number of pyridine rings is 1. The van der Waals surface area contributed by atoms with Gasteiger partial charge in [0.05, 0.1) is 6.10 Å². The Morgan fingerprint density at radius 3 is 3.25 bits per heavy atom. The van der Waals surface area contributed by atoms with Crippen LogP contribution in [0.1, 0.15) is 23.3 Å². The van der Waals surface area contributed by atoms with Gasteiger partial charge in [0.1, 0.15) is 6.61 Å². The zero-order valence-electron chi connectivity index (χ0n) is 8.76. The van der Waals surface area contributed by atoms with Crippen LogP contribution in [0, 0.1) is 0 Å². The number of nitrogens with zero attached hydrogens (tertiary/aromatic N) is 1. The monoisotopic (exact) mass is 223 g/mol. The lowest BCUT2D eigenvalue weighted by atomic mass is 10.2. The van der Waals surface area contributed by atoms with Gasteiger partial charge in [0, 0.05) is 12.8 Å². The number of rotatable bonds is 4. The van der Waals surface area contributed by atoms with Crippen molar-refractivity contribution < 1.29 is 19.4 Å². The summed E-state index contributed by atoms with van der Waals surface area (Å²) < 4.78 is 10.8. The molecule has 1 saturated heterocycles. The minimum absolute atomic E-state index is 0.0551. The fraction of sp³-hybridized carbons (Fsp3) is 0.455. The molecule has 1 fully saturated rings. The van der Waals surface area contributed by atoms with Crippen molar-refractivity contribution in [1.29, 1.82) is 0 Å². The van der Waals surface area contributed by atoms with E-state index in [2.05, 4.69) is 4.98 Å². The molecule has 0 bridgehead atoms. The maximum atomic E-state index is 10.8. The Kier molecular flexibility index (Phi) is 3.36. The van der Waals surface area contributed by atoms with Crippen LogP contribution >= 0.6 is 0 Å². The number of ether oxygens (including phenoxy) is 2. The number of aromatic carboxylic acids is 1. The van der Waals surface area contributed by atoms with Crippen LogP contribution in [0.15, 0.2) is 18.3 Å². The molecule has 2 rings (SSSR count). The topological polar surface area (TPSA) is 68.7 Å². The standard InChI is InChI=1S/C11H13NO4/c13-11(14)10-9(4-1-5-12-10)16-7-8-3-2-6-15-8/h1,4-5,8H,2-3,6-7H2,(H,13,14)/t8-/m0/s1. The SMILES string of the molecule is O=C(O)c1ncccc1OC[C@@H]1CCCO1. The molecule has 0 amide bonds. The Morgan fingerprint density at radius 2 is 2.56 bits per heavy atom. The van der Waals surface area contributed by atoms with E-state index < -0.39 is 5.97 Å². The van der Waals surface area contributed by atoms with Crippen molar-refractivity contribution in [1.82, 2.24) is 4.98 Å². The maximum Gasteiger partial charge on any atom is 0.358 e. The summed E-state index contributed by atoms with van der Waals surface area (Å²) >= 11 is 0. The van der Waals surface area contributed by atoms with Crippen LogP contribution in [-0.4, -0.2) is 35.4 Å². The minimum Gasteiger partial charge on any atom is -0.488 e. The molecule has 1 aromatic heterocycles. The van der Waals surface area contributed by atoms with E-state index in [1.54, 1.807) is 12.1 Å². The summed E-state index contributed by atoms with van der Waals surface area (Å²) in [5, 5.41) is 8.88. The van der Waals surface area contributed by atoms with E-state index in [4.69, 9.17) is 14.6 Å². The van der Waals surface area contributed by atoms with Crippen LogP contribution in [-0.2, 0) is 4.74 Å². The smallest absolute Gasteiger partial charge is 0.358 e. The molecular formula is C11H13NO4. The summed E-state index contributed by atoms with van der Waals surface area (Å²) in [5.41, 5.74) is -0.0551. The van der Waals surface area contributed by atoms with Gasteiger partial charge in [-0.3, -0.25) is 0 Å². The van der Waals surface area contributed by atoms with Crippen LogP contribution < -0.4 is 4.74 Å². The van der Waals surface area contributed by atoms with E-state index in [1.807, 2.05) is 0 Å². The van der Waals surface area contributed by atoms with Crippen LogP contribution in [0.4, 0.5) is 0 Å². The van der Waals surface area contributed by atoms with Gasteiger partial charge in [0.2, 0.25) is 0 Å². The zero-order chi connectivity index (χ0) is 11.4. The largest absolute Gasteiger partial charge is 0.488 e. The molecule has 0 unspecified atom stereocenters. The van der Waals surface area contributed by atoms with E-state index in [9.17, 15) is 4.79 Å². The molecule has 1 aliphatic rings. The first-order valence-corrected chi connectivity index (χ1v) is 5.20. The van der Waals surface area contributed by atoms with Gasteiger partial charge in [-0.15, -0.1) is 0 Å². The van der Waals surface area contributed by atoms with Crippen molar-refractivity contribution >= 4 is 5.97 Å². The molecule has 0 saturated carbocycles. The fourth-order valence-electron chi connectivity index (χ4n) is 1.63. The molecule has 0 spiro atoms. The lowest BCUT2D eigenvalue weighted by molar-refractivity contribution is 0.0623. The van der Waals surface area contributed by atoms with Crippen LogP contribution in [0.2, 0.25) is 0 Å². The number of aromatic nitrogens is 1. The van der Waals surface area contributed by atoms with Crippen molar-refractivity contribution in [3.8, 4) is 5.75 Å². The van der Waals surface area contributed by atoms with Gasteiger partial charge in [-0.1, -0.05) is 0 Å². The summed E-state index contributed by atoms with van der Waals surface area (Å²) in [4.78, 5) is 14.6. The highest BCUT2D eigenvalue weighted by atomic mass is 16.5. The predicted molar refractivity (Wildman–Crippen MR) is 55.7 cm³/mol. The molecule has 0 radical (unpaired) electrons. The second kappa shape index (κ2) is 4.94. The van der Waals surface area contributed by atoms with Crippen molar-refractivity contribution in [3.63, 3.8) is 0 Å². The number of carbonyl (C=O) groups is 1. The normalized spacial score (nSPS) is 19.6. The average Bonchev–Trinajstić information content (AvgIpc) is 2.79. The molecule has 1 aromatic rings. The first kappa shape index (κ1) is 10.9. The molecule has 2 heterocycles. The molecule has 5 heteroatoms. The van der Waals surface area contributed by atoms with Crippen LogP contribution in [0.5, 0.6) is 5.75 Å². The predicted octanol–water partition coefficient (Wildman–Crippen LogP) is 1.34. The highest BCUT2D eigenvalue weighted by Crippen LogP contribution is 2.18. The molecule has 5 nitrogen and oxygen atoms in total. The first-order valence-electron chi connectivity index (χ1n) is 5.20. The van der Waals surface area contributed by atoms with Crippen molar-refractivity contribution in [2.45, 2.75) is 18.9 Å². The zero-order valence-corrected chi connectivity index (χ0v) is 8.76. The van der Waals surface area contributed by atoms with E-state index in [-0.39, 0.29) is 11.8 Å². The Morgan fingerprint density at radius 1 is 1.69 bits per heavy atom. The average molecular weight is 223 g/mol. The highest BCUT2D eigenvalue weighted by molar-refractivity contribution is 5.88. The Balaban J connectivity index is 2.00. The third kappa shape index (κ3) is 2.49. The summed E-state index contributed by atoms with van der Waals surface area (Å²) in [6.45, 7) is 1.14. The molecular weight excluding hydrogens is 210 g/mol. The number of hydrogen-bond donors (Lipinski definition) is 1. The van der Waals surface area contributed by atoms with E-state index >= 15 is 0 Å². The lowest BCUT2D eigenvalue weighted by Gasteiger charge is -2.12. The van der Waals surface area contributed by atoms with Gasteiger partial charge in [-0.05, 0) is 25.0 Å². The van der Waals surface area contributed by atoms with E-state index in [1.165, 1.54) is 6.20 Å². The van der Waals surface area contributed by atoms with Gasteiger partial charge in [-0.25, -0.2) is 9.78 Å². The Bertz CT molecular complexity index is 374. The molecule has 1 N–H and O–H groups in total. The molecule has 86 valence electrons. The summed E-state index contributed by atoms with van der Waals surface area (Å²) in [5.74, 6) is -0.784. The van der Waals surface area contributed by atoms with Crippen LogP contribution in [0.25, 0.3) is 0 Å². The first-order chi connectivity index (χ1) is 7.77. The van der Waals surface area contributed by atoms with Crippen LogP contribution in [0.3, 0.4) is 0 Å². The van der Waals surface area contributed by atoms with E-state index in [0.717, 1.165) is 19.4 Å². The fourth-order valence-corrected chi connectivity index (χ4v) is 1.63. The van der Waals surface area contributed by atoms with Crippen molar-refractivity contribution in [3.05, 3.63) is 24.0 Å². The van der Waals surface area contributed by atoms with Gasteiger partial charge < -0.3 is 14.6 Å². The third-order valence-electron chi connectivity index (χ3n) is 2.42. The van der Waals surface area contributed by atoms with Gasteiger partial charge in [0.15, 0.2) is 11.4 Å². The molecule has 1 atom stereocenters. The second-order valence-corrected chi connectivity index (χ2v) is 3.60. The van der Waals surface area contributed by atoms with Crippen molar-refractivity contribution in [2.75, 3.05) is 13.2 Å². The molecule has 16 heavy (non-hydrogen) atoms. The van der Waals surface area contributed by atoms with Crippen molar-refractivity contribution in [2.24, 2.45) is 0 Å². The molecule has 0 aliphatic carbocycles. The highest BCUT2D eigenvalue weighted by Gasteiger charge is 2.18. The van der Waals surface area contributed by atoms with Gasteiger partial charge in [0.25, 0.3) is 0 Å². The summed E-state index contributed by atoms with van der Waals surface area (Å²) in [7, 11) is 0. The summed E-state index contributed by atoms with van der Waals surface area (Å²) in [6.07, 6.45) is 3.50. The van der Waals surface area contributed by atoms with Gasteiger partial charge >= 0.3 is 5.97 Å². The minimum atomic E-state index is -1.08. The van der Waals surface area contributed by atoms with Gasteiger partial charge in [-0.2, -0.15) is 0 Å². The molecule has 0 aromatic carbocycles. The third-order valence-corrected chi connectivity index (χ3v) is 2.42. The number of carboxylic acids is 1. The maximum absolute atomic E-state index is 10.8.